The van der Waals surface area contributed by atoms with Crippen molar-refractivity contribution in [1.29, 1.82) is 0 Å². The first kappa shape index (κ1) is 15.6. The fourth-order valence-electron chi connectivity index (χ4n) is 1.46. The molecule has 1 aromatic heterocycles. The average Bonchev–Trinajstić information content (AvgIpc) is 2.36. The average molecular weight is 285 g/mol. The molecule has 0 aromatic carbocycles. The van der Waals surface area contributed by atoms with Crippen molar-refractivity contribution >= 4 is 15.9 Å². The third-order valence-corrected chi connectivity index (χ3v) is 3.67. The quantitative estimate of drug-likeness (QED) is 0.785. The minimum atomic E-state index is -3.43. The molecule has 1 rings (SSSR count). The van der Waals surface area contributed by atoms with E-state index in [2.05, 4.69) is 10.3 Å². The number of nitrogens with zero attached hydrogens (tertiary/aromatic N) is 2. The molecule has 0 unspecified atom stereocenters. The van der Waals surface area contributed by atoms with Crippen LogP contribution in [0.2, 0.25) is 0 Å². The zero-order chi connectivity index (χ0) is 14.3. The van der Waals surface area contributed by atoms with Crippen LogP contribution in [0.3, 0.4) is 0 Å². The molecule has 0 bridgehead atoms. The first-order valence-corrected chi connectivity index (χ1v) is 7.89. The maximum atomic E-state index is 11.7. The Bertz CT molecular complexity index is 502. The number of aromatic nitrogens is 1. The smallest absolute Gasteiger partial charge is 0.235 e. The van der Waals surface area contributed by atoms with Crippen LogP contribution in [-0.4, -0.2) is 43.0 Å². The van der Waals surface area contributed by atoms with Crippen molar-refractivity contribution < 1.29 is 13.2 Å². The van der Waals surface area contributed by atoms with Crippen molar-refractivity contribution in [3.63, 3.8) is 0 Å². The van der Waals surface area contributed by atoms with Gasteiger partial charge in [-0.25, -0.2) is 8.42 Å². The van der Waals surface area contributed by atoms with E-state index in [4.69, 9.17) is 0 Å². The number of carbonyl (C=O) groups is 1. The summed E-state index contributed by atoms with van der Waals surface area (Å²) in [7, 11) is -3.43. The van der Waals surface area contributed by atoms with Gasteiger partial charge in [0.05, 0.1) is 12.8 Å². The number of amides is 1. The zero-order valence-corrected chi connectivity index (χ0v) is 12.0. The largest absolute Gasteiger partial charge is 0.355 e. The topological polar surface area (TPSA) is 79.4 Å². The van der Waals surface area contributed by atoms with Gasteiger partial charge in [0.15, 0.2) is 0 Å². The number of rotatable bonds is 7. The summed E-state index contributed by atoms with van der Waals surface area (Å²) in [6, 6.07) is 3.45. The summed E-state index contributed by atoms with van der Waals surface area (Å²) in [6.45, 7) is 2.49. The van der Waals surface area contributed by atoms with Gasteiger partial charge in [-0.1, -0.05) is 6.92 Å². The van der Waals surface area contributed by atoms with E-state index in [0.29, 0.717) is 6.54 Å². The minimum absolute atomic E-state index is 0.166. The highest BCUT2D eigenvalue weighted by Gasteiger charge is 2.20. The van der Waals surface area contributed by atoms with Crippen molar-refractivity contribution in [3.05, 3.63) is 30.1 Å². The van der Waals surface area contributed by atoms with Crippen LogP contribution in [0.5, 0.6) is 0 Å². The van der Waals surface area contributed by atoms with Crippen LogP contribution in [0.15, 0.2) is 24.5 Å². The van der Waals surface area contributed by atoms with Gasteiger partial charge in [-0.05, 0) is 24.1 Å². The lowest BCUT2D eigenvalue weighted by Gasteiger charge is -2.19. The van der Waals surface area contributed by atoms with Crippen LogP contribution >= 0.6 is 0 Å². The molecule has 1 amide bonds. The molecule has 0 fully saturated rings. The van der Waals surface area contributed by atoms with Gasteiger partial charge in [0.25, 0.3) is 0 Å². The molecule has 0 aliphatic rings. The molecule has 7 heteroatoms. The Morgan fingerprint density at radius 1 is 1.37 bits per heavy atom. The molecule has 0 saturated carbocycles. The van der Waals surface area contributed by atoms with E-state index >= 15 is 0 Å². The zero-order valence-electron chi connectivity index (χ0n) is 11.2. The predicted octanol–water partition coefficient (Wildman–Crippen LogP) is 0.369. The van der Waals surface area contributed by atoms with E-state index in [1.165, 1.54) is 0 Å². The first-order chi connectivity index (χ1) is 8.93. The van der Waals surface area contributed by atoms with E-state index in [9.17, 15) is 13.2 Å². The van der Waals surface area contributed by atoms with Gasteiger partial charge >= 0.3 is 0 Å². The van der Waals surface area contributed by atoms with Crippen LogP contribution in [-0.2, 0) is 21.4 Å². The van der Waals surface area contributed by atoms with Gasteiger partial charge < -0.3 is 5.32 Å². The SMILES string of the molecule is CCCNC(=O)CN(Cc1ccncc1)S(C)(=O)=O. The normalized spacial score (nSPS) is 11.5. The highest BCUT2D eigenvalue weighted by molar-refractivity contribution is 7.88. The summed E-state index contributed by atoms with van der Waals surface area (Å²) in [5, 5.41) is 2.66. The Balaban J connectivity index is 2.71. The lowest BCUT2D eigenvalue weighted by atomic mass is 10.3. The highest BCUT2D eigenvalue weighted by atomic mass is 32.2. The van der Waals surface area contributed by atoms with Crippen LogP contribution in [0.25, 0.3) is 0 Å². The number of sulfonamides is 1. The summed E-state index contributed by atoms with van der Waals surface area (Å²) in [5.74, 6) is -0.290. The van der Waals surface area contributed by atoms with Crippen molar-refractivity contribution in [2.45, 2.75) is 19.9 Å². The first-order valence-electron chi connectivity index (χ1n) is 6.04. The molecule has 6 nitrogen and oxygen atoms in total. The molecule has 1 aromatic rings. The van der Waals surface area contributed by atoms with Crippen molar-refractivity contribution in [3.8, 4) is 0 Å². The number of pyridine rings is 1. The Morgan fingerprint density at radius 2 is 2.00 bits per heavy atom. The monoisotopic (exact) mass is 285 g/mol. The van der Waals surface area contributed by atoms with Crippen molar-refractivity contribution in [1.82, 2.24) is 14.6 Å². The van der Waals surface area contributed by atoms with Gasteiger partial charge in [0.1, 0.15) is 0 Å². The molecule has 0 atom stereocenters. The standard InChI is InChI=1S/C12H19N3O3S/c1-3-6-14-12(16)10-15(19(2,17)18)9-11-4-7-13-8-5-11/h4-5,7-8H,3,6,9-10H2,1-2H3,(H,14,16). The molecule has 0 radical (unpaired) electrons. The van der Waals surface area contributed by atoms with Crippen LogP contribution in [0.1, 0.15) is 18.9 Å². The second-order valence-corrected chi connectivity index (χ2v) is 6.22. The molecule has 0 spiro atoms. The molecular formula is C12H19N3O3S. The fourth-order valence-corrected chi connectivity index (χ4v) is 2.20. The molecule has 1 N–H and O–H groups in total. The van der Waals surface area contributed by atoms with E-state index in [1.807, 2.05) is 6.92 Å². The number of nitrogens with one attached hydrogen (secondary N) is 1. The lowest BCUT2D eigenvalue weighted by molar-refractivity contribution is -0.121. The lowest BCUT2D eigenvalue weighted by Crippen LogP contribution is -2.40. The summed E-state index contributed by atoms with van der Waals surface area (Å²) >= 11 is 0. The second kappa shape index (κ2) is 7.20. The highest BCUT2D eigenvalue weighted by Crippen LogP contribution is 2.07. The summed E-state index contributed by atoms with van der Waals surface area (Å²) in [6.07, 6.45) is 5.09. The van der Waals surface area contributed by atoms with E-state index < -0.39 is 10.0 Å². The number of hydrogen-bond donors (Lipinski definition) is 1. The maximum Gasteiger partial charge on any atom is 0.235 e. The fraction of sp³-hybridized carbons (Fsp3) is 0.500. The van der Waals surface area contributed by atoms with Crippen molar-refractivity contribution in [2.75, 3.05) is 19.3 Å². The Kier molecular flexibility index (Phi) is 5.91. The van der Waals surface area contributed by atoms with Crippen LogP contribution < -0.4 is 5.32 Å². The summed E-state index contributed by atoms with van der Waals surface area (Å²) in [4.78, 5) is 15.5. The van der Waals surface area contributed by atoms with Crippen molar-refractivity contribution in [2.24, 2.45) is 0 Å². The second-order valence-electron chi connectivity index (χ2n) is 4.24. The third kappa shape index (κ3) is 5.80. The van der Waals surface area contributed by atoms with Crippen LogP contribution in [0, 0.1) is 0 Å². The Hall–Kier alpha value is -1.47. The maximum absolute atomic E-state index is 11.7. The van der Waals surface area contributed by atoms with E-state index in [0.717, 1.165) is 22.5 Å². The molecule has 1 heterocycles. The van der Waals surface area contributed by atoms with Gasteiger partial charge in [-0.15, -0.1) is 0 Å². The molecule has 0 aliphatic heterocycles. The van der Waals surface area contributed by atoms with Gasteiger partial charge in [-0.2, -0.15) is 4.31 Å². The third-order valence-electron chi connectivity index (χ3n) is 2.47. The number of carbonyl (C=O) groups excluding carboxylic acids is 1. The molecule has 0 aliphatic carbocycles. The molecule has 19 heavy (non-hydrogen) atoms. The van der Waals surface area contributed by atoms with Crippen LogP contribution in [0.4, 0.5) is 0 Å². The Labute approximate surface area is 113 Å². The molecular weight excluding hydrogens is 266 g/mol. The van der Waals surface area contributed by atoms with E-state index in [1.54, 1.807) is 24.5 Å². The van der Waals surface area contributed by atoms with Gasteiger partial charge in [0.2, 0.25) is 15.9 Å². The minimum Gasteiger partial charge on any atom is -0.355 e. The number of hydrogen-bond acceptors (Lipinski definition) is 4. The van der Waals surface area contributed by atoms with Gasteiger partial charge in [0, 0.05) is 25.5 Å². The Morgan fingerprint density at radius 3 is 2.53 bits per heavy atom. The van der Waals surface area contributed by atoms with E-state index in [-0.39, 0.29) is 19.0 Å². The molecule has 0 saturated heterocycles. The predicted molar refractivity (Wildman–Crippen MR) is 72.8 cm³/mol. The van der Waals surface area contributed by atoms with Gasteiger partial charge in [-0.3, -0.25) is 9.78 Å². The molecule has 106 valence electrons. The summed E-state index contributed by atoms with van der Waals surface area (Å²) in [5.41, 5.74) is 0.795. The summed E-state index contributed by atoms with van der Waals surface area (Å²) < 4.78 is 24.5.